The number of fused-ring (bicyclic) bond motifs is 5. The Morgan fingerprint density at radius 3 is 2.17 bits per heavy atom. The average Bonchev–Trinajstić information content (AvgIpc) is 2.77. The van der Waals surface area contributed by atoms with Gasteiger partial charge in [0.05, 0.1) is 11.1 Å². The smallest absolute Gasteiger partial charge is 0.337 e. The number of aromatic carboxylic acids is 2. The molecule has 0 heterocycles. The lowest BCUT2D eigenvalue weighted by Crippen LogP contribution is -2.10. The fraction of sp³-hybridized carbons (Fsp3) is 0.154. The first-order valence-corrected chi connectivity index (χ1v) is 10.1. The van der Waals surface area contributed by atoms with Gasteiger partial charge < -0.3 is 10.2 Å². The Labute approximate surface area is 173 Å². The summed E-state index contributed by atoms with van der Waals surface area (Å²) in [7, 11) is 0. The van der Waals surface area contributed by atoms with Crippen LogP contribution in [0.1, 0.15) is 44.7 Å². The minimum atomic E-state index is -1.24. The third-order valence-electron chi connectivity index (χ3n) is 6.17. The van der Waals surface area contributed by atoms with E-state index in [9.17, 15) is 19.8 Å². The zero-order valence-electron chi connectivity index (χ0n) is 16.3. The molecule has 0 radical (unpaired) electrons. The van der Waals surface area contributed by atoms with Gasteiger partial charge in [-0.2, -0.15) is 0 Å². The monoisotopic (exact) mass is 396 g/mol. The molecule has 0 aliphatic heterocycles. The first-order chi connectivity index (χ1) is 14.6. The van der Waals surface area contributed by atoms with Gasteiger partial charge in [0, 0.05) is 0 Å². The van der Waals surface area contributed by atoms with E-state index in [0.29, 0.717) is 5.56 Å². The average molecular weight is 396 g/mol. The molecule has 148 valence electrons. The number of carbonyl (C=O) groups is 2. The standard InChI is InChI=1S/C26H20O4/c27-25(28)21-11-5-10-20(24(21)26(29)30)23-14-22-16-7-2-1-6-15(16)12-13-19(22)17-8-3-4-9-18(17)23/h3-5,8-14H,1-2,6-7H2,(H,27,28)(H,29,30). The van der Waals surface area contributed by atoms with Gasteiger partial charge in [-0.3, -0.25) is 0 Å². The number of carboxylic acids is 2. The van der Waals surface area contributed by atoms with Crippen molar-refractivity contribution in [1.82, 2.24) is 0 Å². The maximum Gasteiger partial charge on any atom is 0.337 e. The summed E-state index contributed by atoms with van der Waals surface area (Å²) in [6.07, 6.45) is 4.39. The molecule has 0 aromatic heterocycles. The Morgan fingerprint density at radius 2 is 1.40 bits per heavy atom. The molecule has 0 amide bonds. The molecule has 1 aliphatic rings. The molecule has 30 heavy (non-hydrogen) atoms. The fourth-order valence-corrected chi connectivity index (χ4v) is 4.84. The predicted molar refractivity (Wildman–Crippen MR) is 117 cm³/mol. The van der Waals surface area contributed by atoms with Crippen molar-refractivity contribution in [3.63, 3.8) is 0 Å². The van der Waals surface area contributed by atoms with E-state index in [4.69, 9.17) is 0 Å². The van der Waals surface area contributed by atoms with Gasteiger partial charge in [-0.15, -0.1) is 0 Å². The maximum atomic E-state index is 12.1. The van der Waals surface area contributed by atoms with Crippen LogP contribution in [0, 0.1) is 0 Å². The van der Waals surface area contributed by atoms with Crippen molar-refractivity contribution >= 4 is 33.5 Å². The Balaban J connectivity index is 1.94. The Morgan fingerprint density at radius 1 is 0.667 bits per heavy atom. The van der Waals surface area contributed by atoms with Gasteiger partial charge in [0.1, 0.15) is 0 Å². The van der Waals surface area contributed by atoms with Gasteiger partial charge in [0.2, 0.25) is 0 Å². The number of rotatable bonds is 3. The highest BCUT2D eigenvalue weighted by molar-refractivity contribution is 6.17. The molecule has 2 N–H and O–H groups in total. The molecule has 0 spiro atoms. The zero-order valence-corrected chi connectivity index (χ0v) is 16.3. The molecule has 1 aliphatic carbocycles. The van der Waals surface area contributed by atoms with E-state index in [0.717, 1.165) is 46.4 Å². The molecule has 0 saturated heterocycles. The molecule has 4 nitrogen and oxygen atoms in total. The maximum absolute atomic E-state index is 12.1. The summed E-state index contributed by atoms with van der Waals surface area (Å²) in [5.41, 5.74) is 3.52. The van der Waals surface area contributed by atoms with E-state index in [1.54, 1.807) is 12.1 Å². The number of carboxylic acid groups (broad SMARTS) is 2. The van der Waals surface area contributed by atoms with Crippen LogP contribution in [-0.2, 0) is 12.8 Å². The van der Waals surface area contributed by atoms with Crippen molar-refractivity contribution in [2.45, 2.75) is 25.7 Å². The summed E-state index contributed by atoms with van der Waals surface area (Å²) in [5, 5.41) is 23.7. The predicted octanol–water partition coefficient (Wildman–Crippen LogP) is 5.94. The molecular formula is C26H20O4. The van der Waals surface area contributed by atoms with Gasteiger partial charge in [-0.25, -0.2) is 9.59 Å². The first-order valence-electron chi connectivity index (χ1n) is 10.1. The minimum absolute atomic E-state index is 0.167. The van der Waals surface area contributed by atoms with Crippen LogP contribution in [0.5, 0.6) is 0 Å². The van der Waals surface area contributed by atoms with Crippen LogP contribution in [0.3, 0.4) is 0 Å². The first kappa shape index (κ1) is 18.4. The lowest BCUT2D eigenvalue weighted by molar-refractivity contribution is 0.0652. The van der Waals surface area contributed by atoms with Gasteiger partial charge in [0.25, 0.3) is 0 Å². The second kappa shape index (κ2) is 6.99. The van der Waals surface area contributed by atoms with Crippen LogP contribution in [0.4, 0.5) is 0 Å². The Hall–Kier alpha value is -3.66. The topological polar surface area (TPSA) is 74.6 Å². The highest BCUT2D eigenvalue weighted by Gasteiger charge is 2.23. The lowest BCUT2D eigenvalue weighted by atomic mass is 9.83. The Kier molecular flexibility index (Phi) is 4.28. The highest BCUT2D eigenvalue weighted by atomic mass is 16.4. The van der Waals surface area contributed by atoms with Crippen LogP contribution >= 0.6 is 0 Å². The molecule has 0 fully saturated rings. The molecule has 4 aromatic rings. The lowest BCUT2D eigenvalue weighted by Gasteiger charge is -2.21. The van der Waals surface area contributed by atoms with Crippen molar-refractivity contribution in [1.29, 1.82) is 0 Å². The molecule has 4 heteroatoms. The van der Waals surface area contributed by atoms with Crippen molar-refractivity contribution in [2.24, 2.45) is 0 Å². The fourth-order valence-electron chi connectivity index (χ4n) is 4.84. The van der Waals surface area contributed by atoms with Crippen LogP contribution in [0.15, 0.2) is 60.7 Å². The SMILES string of the molecule is O=C(O)c1cccc(-c2cc3c4c(ccc3c3ccccc23)CCCC4)c1C(=O)O. The quantitative estimate of drug-likeness (QED) is 0.421. The normalized spacial score (nSPS) is 13.3. The van der Waals surface area contributed by atoms with E-state index in [1.165, 1.54) is 23.6 Å². The van der Waals surface area contributed by atoms with E-state index >= 15 is 0 Å². The van der Waals surface area contributed by atoms with Gasteiger partial charge >= 0.3 is 11.9 Å². The zero-order chi connectivity index (χ0) is 20.8. The van der Waals surface area contributed by atoms with E-state index in [2.05, 4.69) is 24.3 Å². The van der Waals surface area contributed by atoms with Gasteiger partial charge in [-0.05, 0) is 81.6 Å². The third-order valence-corrected chi connectivity index (χ3v) is 6.17. The summed E-state index contributed by atoms with van der Waals surface area (Å²) in [6.45, 7) is 0. The Bertz CT molecular complexity index is 1350. The number of benzene rings is 4. The third kappa shape index (κ3) is 2.76. The summed E-state index contributed by atoms with van der Waals surface area (Å²) < 4.78 is 0. The highest BCUT2D eigenvalue weighted by Crippen LogP contribution is 2.40. The summed E-state index contributed by atoms with van der Waals surface area (Å²) in [5.74, 6) is -2.47. The summed E-state index contributed by atoms with van der Waals surface area (Å²) >= 11 is 0. The van der Waals surface area contributed by atoms with E-state index in [1.807, 2.05) is 18.2 Å². The van der Waals surface area contributed by atoms with Gasteiger partial charge in [-0.1, -0.05) is 48.5 Å². The summed E-state index contributed by atoms with van der Waals surface area (Å²) in [4.78, 5) is 23.8. The molecule has 0 bridgehead atoms. The second-order valence-electron chi connectivity index (χ2n) is 7.81. The van der Waals surface area contributed by atoms with Crippen LogP contribution in [-0.4, -0.2) is 22.2 Å². The van der Waals surface area contributed by atoms with Crippen molar-refractivity contribution in [3.8, 4) is 11.1 Å². The van der Waals surface area contributed by atoms with Crippen LogP contribution in [0.2, 0.25) is 0 Å². The van der Waals surface area contributed by atoms with Gasteiger partial charge in [0.15, 0.2) is 0 Å². The van der Waals surface area contributed by atoms with E-state index in [-0.39, 0.29) is 11.1 Å². The molecule has 0 unspecified atom stereocenters. The molecule has 4 aromatic carbocycles. The molecular weight excluding hydrogens is 376 g/mol. The molecule has 0 saturated carbocycles. The minimum Gasteiger partial charge on any atom is -0.478 e. The second-order valence-corrected chi connectivity index (χ2v) is 7.81. The number of aryl methyl sites for hydroxylation is 2. The van der Waals surface area contributed by atoms with E-state index < -0.39 is 11.9 Å². The van der Waals surface area contributed by atoms with Crippen molar-refractivity contribution in [3.05, 3.63) is 82.9 Å². The summed E-state index contributed by atoms with van der Waals surface area (Å²) in [6, 6.07) is 19.1. The van der Waals surface area contributed by atoms with Crippen molar-refractivity contribution < 1.29 is 19.8 Å². The number of hydrogen-bond donors (Lipinski definition) is 2. The largest absolute Gasteiger partial charge is 0.478 e. The molecule has 0 atom stereocenters. The van der Waals surface area contributed by atoms with Crippen molar-refractivity contribution in [2.75, 3.05) is 0 Å². The number of hydrogen-bond acceptors (Lipinski definition) is 2. The van der Waals surface area contributed by atoms with Crippen LogP contribution in [0.25, 0.3) is 32.7 Å². The van der Waals surface area contributed by atoms with Crippen LogP contribution < -0.4 is 0 Å². The molecule has 5 rings (SSSR count).